The maximum Gasteiger partial charge on any atom is 0.236 e. The van der Waals surface area contributed by atoms with Gasteiger partial charge in [-0.05, 0) is 30.2 Å². The number of benzene rings is 2. The molecule has 0 aliphatic carbocycles. The van der Waals surface area contributed by atoms with Crippen LogP contribution in [-0.2, 0) is 16.1 Å². The Morgan fingerprint density at radius 3 is 2.81 bits per heavy atom. The highest BCUT2D eigenvalue weighted by Gasteiger charge is 2.57. The van der Waals surface area contributed by atoms with Crippen LogP contribution in [0.3, 0.4) is 0 Å². The van der Waals surface area contributed by atoms with Crippen LogP contribution in [0.4, 0.5) is 0 Å². The van der Waals surface area contributed by atoms with Crippen LogP contribution in [0.25, 0.3) is 10.9 Å². The number of para-hydroxylation sites is 1. The SMILES string of the molecule is O=C1[C@@H]2C(c3ccc(Cl)cc3)=NO[C@@H]2[C@H]2c3[nH]c4ccccc4c3CCN12. The molecule has 6 rings (SSSR count). The molecule has 1 N–H and O–H groups in total. The summed E-state index contributed by atoms with van der Waals surface area (Å²) in [4.78, 5) is 24.6. The molecule has 3 atom stereocenters. The fourth-order valence-electron chi connectivity index (χ4n) is 4.78. The quantitative estimate of drug-likeness (QED) is 0.703. The van der Waals surface area contributed by atoms with Crippen LogP contribution < -0.4 is 0 Å². The van der Waals surface area contributed by atoms with Crippen molar-refractivity contribution in [3.05, 3.63) is 70.4 Å². The number of nitrogens with zero attached hydrogens (tertiary/aromatic N) is 2. The van der Waals surface area contributed by atoms with Crippen molar-refractivity contribution in [2.45, 2.75) is 18.6 Å². The van der Waals surface area contributed by atoms with Gasteiger partial charge in [0, 0.05) is 33.7 Å². The van der Waals surface area contributed by atoms with Crippen molar-refractivity contribution < 1.29 is 9.63 Å². The lowest BCUT2D eigenvalue weighted by Gasteiger charge is -2.31. The van der Waals surface area contributed by atoms with Gasteiger partial charge in [-0.2, -0.15) is 0 Å². The van der Waals surface area contributed by atoms with Gasteiger partial charge in [0.15, 0.2) is 6.10 Å². The molecule has 3 aliphatic rings. The molecule has 4 heterocycles. The summed E-state index contributed by atoms with van der Waals surface area (Å²) in [6.45, 7) is 0.711. The van der Waals surface area contributed by atoms with Crippen molar-refractivity contribution >= 4 is 34.1 Å². The van der Waals surface area contributed by atoms with Gasteiger partial charge in [0.05, 0.1) is 0 Å². The summed E-state index contributed by atoms with van der Waals surface area (Å²) >= 11 is 6.00. The Labute approximate surface area is 160 Å². The van der Waals surface area contributed by atoms with Crippen molar-refractivity contribution in [1.29, 1.82) is 0 Å². The molecule has 6 heteroatoms. The minimum absolute atomic E-state index is 0.0977. The minimum atomic E-state index is -0.367. The fraction of sp³-hybridized carbons (Fsp3) is 0.238. The summed E-state index contributed by atoms with van der Waals surface area (Å²) in [5.74, 6) is -0.269. The molecule has 27 heavy (non-hydrogen) atoms. The highest BCUT2D eigenvalue weighted by molar-refractivity contribution is 6.30. The zero-order chi connectivity index (χ0) is 18.1. The van der Waals surface area contributed by atoms with E-state index in [9.17, 15) is 4.79 Å². The molecule has 1 aromatic heterocycles. The average Bonchev–Trinajstić information content (AvgIpc) is 3.35. The molecule has 2 aromatic carbocycles. The molecule has 0 unspecified atom stereocenters. The largest absolute Gasteiger partial charge is 0.388 e. The number of nitrogens with one attached hydrogen (secondary N) is 1. The van der Waals surface area contributed by atoms with Crippen molar-refractivity contribution in [2.24, 2.45) is 11.1 Å². The predicted molar refractivity (Wildman–Crippen MR) is 103 cm³/mol. The minimum Gasteiger partial charge on any atom is -0.388 e. The normalized spacial score (nSPS) is 25.8. The molecule has 3 aromatic rings. The zero-order valence-electron chi connectivity index (χ0n) is 14.4. The topological polar surface area (TPSA) is 57.7 Å². The number of H-pyrrole nitrogens is 1. The van der Waals surface area contributed by atoms with Crippen molar-refractivity contribution in [3.63, 3.8) is 0 Å². The van der Waals surface area contributed by atoms with Gasteiger partial charge < -0.3 is 14.7 Å². The number of carbonyl (C=O) groups excluding carboxylic acids is 1. The number of halogens is 1. The summed E-state index contributed by atoms with van der Waals surface area (Å²) in [7, 11) is 0. The van der Waals surface area contributed by atoms with Gasteiger partial charge in [0.25, 0.3) is 0 Å². The first-order valence-electron chi connectivity index (χ1n) is 9.12. The summed E-state index contributed by atoms with van der Waals surface area (Å²) in [5, 5.41) is 6.20. The van der Waals surface area contributed by atoms with Crippen molar-refractivity contribution in [3.8, 4) is 0 Å². The highest BCUT2D eigenvalue weighted by Crippen LogP contribution is 2.47. The monoisotopic (exact) mass is 377 g/mol. The van der Waals surface area contributed by atoms with Crippen LogP contribution in [0, 0.1) is 5.92 Å². The molecule has 3 aliphatic heterocycles. The summed E-state index contributed by atoms with van der Waals surface area (Å²) in [5.41, 5.74) is 5.09. The lowest BCUT2D eigenvalue weighted by molar-refractivity contribution is -0.130. The Balaban J connectivity index is 1.44. The van der Waals surface area contributed by atoms with E-state index in [1.165, 1.54) is 10.9 Å². The van der Waals surface area contributed by atoms with E-state index < -0.39 is 0 Å². The first kappa shape index (κ1) is 15.3. The third-order valence-corrected chi connectivity index (χ3v) is 6.23. The molecule has 0 bridgehead atoms. The van der Waals surface area contributed by atoms with E-state index >= 15 is 0 Å². The number of hydrogen-bond acceptors (Lipinski definition) is 3. The van der Waals surface area contributed by atoms with Crippen LogP contribution in [0.5, 0.6) is 0 Å². The van der Waals surface area contributed by atoms with E-state index in [0.29, 0.717) is 17.3 Å². The number of aromatic amines is 1. The van der Waals surface area contributed by atoms with Gasteiger partial charge >= 0.3 is 0 Å². The molecular weight excluding hydrogens is 362 g/mol. The number of hydrogen-bond donors (Lipinski definition) is 1. The van der Waals surface area contributed by atoms with E-state index in [-0.39, 0.29) is 24.0 Å². The smallest absolute Gasteiger partial charge is 0.236 e. The first-order valence-corrected chi connectivity index (χ1v) is 9.50. The fourth-order valence-corrected chi connectivity index (χ4v) is 4.90. The molecule has 0 radical (unpaired) electrons. The molecule has 0 saturated carbocycles. The van der Waals surface area contributed by atoms with Gasteiger partial charge in [0.2, 0.25) is 5.91 Å². The van der Waals surface area contributed by atoms with Crippen LogP contribution in [0.15, 0.2) is 53.7 Å². The third-order valence-electron chi connectivity index (χ3n) is 5.98. The first-order chi connectivity index (χ1) is 13.2. The maximum atomic E-state index is 13.2. The van der Waals surface area contributed by atoms with Gasteiger partial charge in [-0.15, -0.1) is 0 Å². The standard InChI is InChI=1S/C21H16ClN3O2/c22-12-7-5-11(6-8-12)17-16-20(27-24-17)19-18-14(9-10-25(19)21(16)26)13-3-1-2-4-15(13)23-18/h1-8,16,19-20,23H,9-10H2/t16-,19-,20+/m1/s1. The molecule has 134 valence electrons. The van der Waals surface area contributed by atoms with E-state index in [0.717, 1.165) is 23.2 Å². The van der Waals surface area contributed by atoms with E-state index in [4.69, 9.17) is 16.4 Å². The van der Waals surface area contributed by atoms with Gasteiger partial charge in [0.1, 0.15) is 17.7 Å². The predicted octanol–water partition coefficient (Wildman–Crippen LogP) is 3.68. The lowest BCUT2D eigenvalue weighted by Crippen LogP contribution is -2.37. The van der Waals surface area contributed by atoms with Crippen molar-refractivity contribution in [2.75, 3.05) is 6.54 Å². The summed E-state index contributed by atoms with van der Waals surface area (Å²) in [6, 6.07) is 15.6. The second-order valence-electron chi connectivity index (χ2n) is 7.32. The number of aromatic nitrogens is 1. The second kappa shape index (κ2) is 5.36. The second-order valence-corrected chi connectivity index (χ2v) is 7.76. The molecule has 1 saturated heterocycles. The van der Waals surface area contributed by atoms with Gasteiger partial charge in [-0.25, -0.2) is 0 Å². The van der Waals surface area contributed by atoms with Crippen LogP contribution in [-0.4, -0.2) is 34.2 Å². The number of amides is 1. The molecule has 1 amide bonds. The lowest BCUT2D eigenvalue weighted by atomic mass is 9.90. The molecule has 0 spiro atoms. The molecule has 1 fully saturated rings. The number of carbonyl (C=O) groups is 1. The summed E-state index contributed by atoms with van der Waals surface area (Å²) < 4.78 is 0. The highest BCUT2D eigenvalue weighted by atomic mass is 35.5. The van der Waals surface area contributed by atoms with Crippen LogP contribution >= 0.6 is 11.6 Å². The summed E-state index contributed by atoms with van der Waals surface area (Å²) in [6.07, 6.45) is 0.560. The van der Waals surface area contributed by atoms with E-state index in [1.54, 1.807) is 0 Å². The number of oxime groups is 1. The number of fused-ring (bicyclic) bond motifs is 7. The molecule has 5 nitrogen and oxygen atoms in total. The third kappa shape index (κ3) is 2.00. The Kier molecular flexibility index (Phi) is 3.04. The Morgan fingerprint density at radius 1 is 1.15 bits per heavy atom. The molecular formula is C21H16ClN3O2. The van der Waals surface area contributed by atoms with Gasteiger partial charge in [-0.3, -0.25) is 4.79 Å². The Morgan fingerprint density at radius 2 is 1.96 bits per heavy atom. The zero-order valence-corrected chi connectivity index (χ0v) is 15.1. The van der Waals surface area contributed by atoms with E-state index in [1.807, 2.05) is 35.2 Å². The Bertz CT molecular complexity index is 1120. The number of rotatable bonds is 1. The van der Waals surface area contributed by atoms with Crippen LogP contribution in [0.1, 0.15) is 22.9 Å². The average molecular weight is 378 g/mol. The van der Waals surface area contributed by atoms with Crippen LogP contribution in [0.2, 0.25) is 5.02 Å². The van der Waals surface area contributed by atoms with Crippen molar-refractivity contribution in [1.82, 2.24) is 9.88 Å². The van der Waals surface area contributed by atoms with Gasteiger partial charge in [-0.1, -0.05) is 47.1 Å². The maximum absolute atomic E-state index is 13.2. The Hall–Kier alpha value is -2.79. The van der Waals surface area contributed by atoms with E-state index in [2.05, 4.69) is 28.3 Å².